The first-order valence-electron chi connectivity index (χ1n) is 9.78. The third kappa shape index (κ3) is 4.42. The molecule has 0 amide bonds. The molecular formula is C22H33NO. The largest absolute Gasteiger partial charge is 0.508 e. The fourth-order valence-corrected chi connectivity index (χ4v) is 4.82. The summed E-state index contributed by atoms with van der Waals surface area (Å²) in [7, 11) is 4.33. The Morgan fingerprint density at radius 1 is 1.00 bits per heavy atom. The molecule has 2 aliphatic carbocycles. The van der Waals surface area contributed by atoms with Crippen LogP contribution >= 0.6 is 0 Å². The van der Waals surface area contributed by atoms with Gasteiger partial charge in [-0.15, -0.1) is 0 Å². The van der Waals surface area contributed by atoms with Crippen molar-refractivity contribution >= 4 is 5.57 Å². The zero-order valence-corrected chi connectivity index (χ0v) is 15.4. The van der Waals surface area contributed by atoms with Crippen molar-refractivity contribution in [3.63, 3.8) is 0 Å². The lowest BCUT2D eigenvalue weighted by molar-refractivity contribution is 0.238. The normalized spacial score (nSPS) is 23.5. The zero-order chi connectivity index (χ0) is 16.9. The van der Waals surface area contributed by atoms with Gasteiger partial charge in [0.25, 0.3) is 0 Å². The summed E-state index contributed by atoms with van der Waals surface area (Å²) in [6.07, 6.45) is 12.3. The van der Waals surface area contributed by atoms with Crippen molar-refractivity contribution in [2.75, 3.05) is 20.6 Å². The van der Waals surface area contributed by atoms with Crippen molar-refractivity contribution in [2.24, 2.45) is 11.8 Å². The van der Waals surface area contributed by atoms with E-state index in [0.29, 0.717) is 5.75 Å². The molecule has 0 heterocycles. The highest BCUT2D eigenvalue weighted by atomic mass is 16.3. The van der Waals surface area contributed by atoms with Crippen molar-refractivity contribution in [3.05, 3.63) is 35.4 Å². The second kappa shape index (κ2) is 8.20. The summed E-state index contributed by atoms with van der Waals surface area (Å²) in [4.78, 5) is 2.29. The van der Waals surface area contributed by atoms with Crippen LogP contribution in [0.25, 0.3) is 5.57 Å². The monoisotopic (exact) mass is 327 g/mol. The number of hydrogen-bond donors (Lipinski definition) is 1. The Labute approximate surface area is 147 Å². The van der Waals surface area contributed by atoms with Crippen molar-refractivity contribution in [3.8, 4) is 5.75 Å². The van der Waals surface area contributed by atoms with E-state index in [1.807, 2.05) is 12.1 Å². The molecule has 2 heteroatoms. The fraction of sp³-hybridized carbons (Fsp3) is 0.636. The van der Waals surface area contributed by atoms with Gasteiger partial charge in [-0.25, -0.2) is 0 Å². The topological polar surface area (TPSA) is 23.5 Å². The third-order valence-corrected chi connectivity index (χ3v) is 5.96. The quantitative estimate of drug-likeness (QED) is 0.791. The van der Waals surface area contributed by atoms with Gasteiger partial charge in [-0.3, -0.25) is 0 Å². The van der Waals surface area contributed by atoms with Gasteiger partial charge in [0, 0.05) is 6.54 Å². The van der Waals surface area contributed by atoms with Gasteiger partial charge in [-0.05, 0) is 74.9 Å². The van der Waals surface area contributed by atoms with Crippen LogP contribution in [0.2, 0.25) is 0 Å². The van der Waals surface area contributed by atoms with E-state index < -0.39 is 0 Å². The molecule has 2 aliphatic rings. The second-order valence-corrected chi connectivity index (χ2v) is 8.12. The minimum Gasteiger partial charge on any atom is -0.508 e. The maximum Gasteiger partial charge on any atom is 0.116 e. The summed E-state index contributed by atoms with van der Waals surface area (Å²) in [5.74, 6) is 2.15. The Balaban J connectivity index is 1.89. The van der Waals surface area contributed by atoms with Crippen molar-refractivity contribution in [2.45, 2.75) is 57.8 Å². The molecule has 3 rings (SSSR count). The smallest absolute Gasteiger partial charge is 0.116 e. The molecule has 0 aliphatic heterocycles. The molecule has 24 heavy (non-hydrogen) atoms. The van der Waals surface area contributed by atoms with Crippen LogP contribution in [0.15, 0.2) is 29.8 Å². The van der Waals surface area contributed by atoms with Gasteiger partial charge in [0.05, 0.1) is 0 Å². The highest BCUT2D eigenvalue weighted by molar-refractivity contribution is 5.70. The van der Waals surface area contributed by atoms with Gasteiger partial charge >= 0.3 is 0 Å². The second-order valence-electron chi connectivity index (χ2n) is 8.12. The van der Waals surface area contributed by atoms with Gasteiger partial charge in [0.2, 0.25) is 0 Å². The number of benzene rings is 1. The lowest BCUT2D eigenvalue weighted by Gasteiger charge is -2.30. The molecule has 0 spiro atoms. The molecule has 0 bridgehead atoms. The molecule has 1 unspecified atom stereocenters. The van der Waals surface area contributed by atoms with Gasteiger partial charge in [0.15, 0.2) is 0 Å². The van der Waals surface area contributed by atoms with Gasteiger partial charge in [-0.2, -0.15) is 0 Å². The number of aromatic hydroxyl groups is 1. The maximum absolute atomic E-state index is 9.96. The first-order valence-corrected chi connectivity index (χ1v) is 9.78. The molecule has 1 aromatic carbocycles. The summed E-state index contributed by atoms with van der Waals surface area (Å²) in [6, 6.07) is 7.93. The summed E-state index contributed by atoms with van der Waals surface area (Å²) in [6.45, 7) is 1.04. The lowest BCUT2D eigenvalue weighted by atomic mass is 9.75. The van der Waals surface area contributed by atoms with E-state index >= 15 is 0 Å². The van der Waals surface area contributed by atoms with E-state index in [2.05, 4.69) is 25.1 Å². The Hall–Kier alpha value is -1.28. The highest BCUT2D eigenvalue weighted by Crippen LogP contribution is 2.42. The van der Waals surface area contributed by atoms with E-state index in [1.54, 1.807) is 11.6 Å². The molecule has 1 N–H and O–H groups in total. The van der Waals surface area contributed by atoms with Crippen molar-refractivity contribution in [1.82, 2.24) is 4.90 Å². The fourth-order valence-electron chi connectivity index (χ4n) is 4.82. The van der Waals surface area contributed by atoms with Crippen molar-refractivity contribution < 1.29 is 5.11 Å². The average Bonchev–Trinajstić information content (AvgIpc) is 2.78. The summed E-state index contributed by atoms with van der Waals surface area (Å²) < 4.78 is 0. The Morgan fingerprint density at radius 2 is 1.75 bits per heavy atom. The van der Waals surface area contributed by atoms with E-state index in [9.17, 15) is 5.11 Å². The minimum atomic E-state index is 0.391. The number of phenolic OH excluding ortho intramolecular Hbond substituents is 1. The molecule has 1 atom stereocenters. The maximum atomic E-state index is 9.96. The van der Waals surface area contributed by atoms with Gasteiger partial charge in [-0.1, -0.05) is 49.8 Å². The number of phenols is 1. The number of rotatable bonds is 4. The molecule has 2 nitrogen and oxygen atoms in total. The van der Waals surface area contributed by atoms with E-state index in [1.165, 1.54) is 68.9 Å². The SMILES string of the molecule is CN(C)CC1=C(c2cccc(O)c2)CC(C2CCCCC2)CCC1. The number of hydrogen-bond acceptors (Lipinski definition) is 2. The molecule has 0 saturated heterocycles. The molecule has 1 saturated carbocycles. The van der Waals surface area contributed by atoms with Crippen LogP contribution in [-0.2, 0) is 0 Å². The van der Waals surface area contributed by atoms with Crippen LogP contribution in [-0.4, -0.2) is 30.6 Å². The highest BCUT2D eigenvalue weighted by Gasteiger charge is 2.28. The lowest BCUT2D eigenvalue weighted by Crippen LogP contribution is -2.18. The predicted octanol–water partition coefficient (Wildman–Crippen LogP) is 5.48. The Bertz CT molecular complexity index is 569. The van der Waals surface area contributed by atoms with E-state index in [0.717, 1.165) is 18.4 Å². The average molecular weight is 328 g/mol. The van der Waals surface area contributed by atoms with Crippen LogP contribution in [0, 0.1) is 11.8 Å². The van der Waals surface area contributed by atoms with E-state index in [-0.39, 0.29) is 0 Å². The summed E-state index contributed by atoms with van der Waals surface area (Å²) in [5.41, 5.74) is 4.35. The van der Waals surface area contributed by atoms with Crippen LogP contribution in [0.3, 0.4) is 0 Å². The third-order valence-electron chi connectivity index (χ3n) is 5.96. The summed E-state index contributed by atoms with van der Waals surface area (Å²) >= 11 is 0. The van der Waals surface area contributed by atoms with Gasteiger partial charge < -0.3 is 10.0 Å². The first-order chi connectivity index (χ1) is 11.6. The molecule has 1 aromatic rings. The molecular weight excluding hydrogens is 294 g/mol. The number of nitrogens with zero attached hydrogens (tertiary/aromatic N) is 1. The summed E-state index contributed by atoms with van der Waals surface area (Å²) in [5, 5.41) is 9.96. The first kappa shape index (κ1) is 17.5. The number of allylic oxidation sites excluding steroid dienone is 1. The minimum absolute atomic E-state index is 0.391. The standard InChI is InChI=1S/C22H33NO/c1-23(2)16-20-12-6-10-18(17-8-4-3-5-9-17)15-22(20)19-11-7-13-21(24)14-19/h7,11,13-14,17-18,24H,3-6,8-10,12,15-16H2,1-2H3. The van der Waals surface area contributed by atoms with Crippen LogP contribution < -0.4 is 0 Å². The molecule has 0 radical (unpaired) electrons. The zero-order valence-electron chi connectivity index (χ0n) is 15.4. The molecule has 0 aromatic heterocycles. The Kier molecular flexibility index (Phi) is 5.99. The predicted molar refractivity (Wildman–Crippen MR) is 102 cm³/mol. The van der Waals surface area contributed by atoms with Gasteiger partial charge in [0.1, 0.15) is 5.75 Å². The van der Waals surface area contributed by atoms with Crippen molar-refractivity contribution in [1.29, 1.82) is 0 Å². The van der Waals surface area contributed by atoms with Crippen LogP contribution in [0.4, 0.5) is 0 Å². The van der Waals surface area contributed by atoms with E-state index in [4.69, 9.17) is 0 Å². The van der Waals surface area contributed by atoms with Crippen LogP contribution in [0.5, 0.6) is 5.75 Å². The molecule has 1 fully saturated rings. The Morgan fingerprint density at radius 3 is 2.46 bits per heavy atom. The molecule has 132 valence electrons. The number of likely N-dealkylation sites (N-methyl/N-ethyl adjacent to an activating group) is 1. The van der Waals surface area contributed by atoms with Crippen LogP contribution in [0.1, 0.15) is 63.4 Å².